The molecule has 1 aliphatic carbocycles. The molecule has 2 rings (SSSR count). The molecule has 0 spiro atoms. The van der Waals surface area contributed by atoms with Crippen LogP contribution in [0.5, 0.6) is 5.75 Å². The van der Waals surface area contributed by atoms with Crippen molar-refractivity contribution in [2.75, 3.05) is 11.5 Å². The quantitative estimate of drug-likeness (QED) is 0.789. The van der Waals surface area contributed by atoms with Gasteiger partial charge in [0, 0.05) is 6.07 Å². The molecule has 17 heavy (non-hydrogen) atoms. The highest BCUT2D eigenvalue weighted by atomic mass is 16.5. The molecule has 2 unspecified atom stereocenters. The Hall–Kier alpha value is -1.38. The van der Waals surface area contributed by atoms with E-state index >= 15 is 0 Å². The molecule has 0 bridgehead atoms. The smallest absolute Gasteiger partial charge is 0.121 e. The van der Waals surface area contributed by atoms with Crippen LogP contribution in [0.4, 0.5) is 11.4 Å². The van der Waals surface area contributed by atoms with Crippen LogP contribution in [-0.4, -0.2) is 6.10 Å². The van der Waals surface area contributed by atoms with Crippen molar-refractivity contribution in [3.05, 3.63) is 18.2 Å². The molecular weight excluding hydrogens is 212 g/mol. The molecule has 1 aliphatic rings. The Morgan fingerprint density at radius 2 is 1.94 bits per heavy atom. The van der Waals surface area contributed by atoms with E-state index in [9.17, 15) is 0 Å². The van der Waals surface area contributed by atoms with Crippen LogP contribution in [-0.2, 0) is 0 Å². The Labute approximate surface area is 103 Å². The van der Waals surface area contributed by atoms with E-state index < -0.39 is 0 Å². The Balaban J connectivity index is 2.05. The lowest BCUT2D eigenvalue weighted by Gasteiger charge is -2.31. The zero-order valence-corrected chi connectivity index (χ0v) is 10.5. The first-order valence-electron chi connectivity index (χ1n) is 6.52. The summed E-state index contributed by atoms with van der Waals surface area (Å²) in [4.78, 5) is 0. The highest BCUT2D eigenvalue weighted by molar-refractivity contribution is 5.65. The number of ether oxygens (including phenoxy) is 1. The molecule has 0 radical (unpaired) electrons. The summed E-state index contributed by atoms with van der Waals surface area (Å²) in [5, 5.41) is 0. The van der Waals surface area contributed by atoms with Crippen LogP contribution < -0.4 is 16.2 Å². The number of hydrogen-bond donors (Lipinski definition) is 2. The molecule has 0 heterocycles. The van der Waals surface area contributed by atoms with Crippen LogP contribution in [0.2, 0.25) is 0 Å². The third-order valence-electron chi connectivity index (χ3n) is 3.71. The Morgan fingerprint density at radius 3 is 2.65 bits per heavy atom. The van der Waals surface area contributed by atoms with Gasteiger partial charge in [0.2, 0.25) is 0 Å². The van der Waals surface area contributed by atoms with Gasteiger partial charge in [0.1, 0.15) is 11.9 Å². The second-order valence-corrected chi connectivity index (χ2v) is 4.90. The van der Waals surface area contributed by atoms with E-state index in [1.807, 2.05) is 18.2 Å². The van der Waals surface area contributed by atoms with Gasteiger partial charge in [-0.15, -0.1) is 0 Å². The van der Waals surface area contributed by atoms with Gasteiger partial charge in [-0.2, -0.15) is 0 Å². The monoisotopic (exact) mass is 234 g/mol. The lowest BCUT2D eigenvalue weighted by Crippen LogP contribution is -2.29. The molecule has 0 aromatic heterocycles. The zero-order chi connectivity index (χ0) is 12.3. The first-order valence-corrected chi connectivity index (χ1v) is 6.52. The van der Waals surface area contributed by atoms with E-state index in [2.05, 4.69) is 6.92 Å². The van der Waals surface area contributed by atoms with Crippen LogP contribution in [0.15, 0.2) is 18.2 Å². The summed E-state index contributed by atoms with van der Waals surface area (Å²) in [6, 6.07) is 5.55. The van der Waals surface area contributed by atoms with Crippen molar-refractivity contribution in [2.24, 2.45) is 5.92 Å². The molecule has 3 heteroatoms. The molecule has 1 aromatic rings. The molecule has 1 saturated carbocycles. The lowest BCUT2D eigenvalue weighted by atomic mass is 9.85. The molecule has 4 N–H and O–H groups in total. The maximum absolute atomic E-state index is 6.06. The predicted molar refractivity (Wildman–Crippen MR) is 71.9 cm³/mol. The third kappa shape index (κ3) is 2.84. The van der Waals surface area contributed by atoms with Gasteiger partial charge in [-0.05, 0) is 43.7 Å². The SMILES string of the molecule is CCC1CCCCC1Oc1ccc(N)c(N)c1. The lowest BCUT2D eigenvalue weighted by molar-refractivity contribution is 0.0905. The maximum atomic E-state index is 6.06. The minimum absolute atomic E-state index is 0.344. The second kappa shape index (κ2) is 5.30. The average molecular weight is 234 g/mol. The van der Waals surface area contributed by atoms with Crippen molar-refractivity contribution in [1.29, 1.82) is 0 Å². The van der Waals surface area contributed by atoms with Gasteiger partial charge in [-0.25, -0.2) is 0 Å². The fourth-order valence-corrected chi connectivity index (χ4v) is 2.60. The number of benzene rings is 1. The zero-order valence-electron chi connectivity index (χ0n) is 10.5. The van der Waals surface area contributed by atoms with Crippen molar-refractivity contribution >= 4 is 11.4 Å². The molecule has 94 valence electrons. The van der Waals surface area contributed by atoms with Crippen molar-refractivity contribution in [2.45, 2.75) is 45.1 Å². The summed E-state index contributed by atoms with van der Waals surface area (Å²) in [5.41, 5.74) is 12.7. The van der Waals surface area contributed by atoms with Crippen LogP contribution in [0.1, 0.15) is 39.0 Å². The number of anilines is 2. The van der Waals surface area contributed by atoms with Crippen LogP contribution in [0.3, 0.4) is 0 Å². The first kappa shape index (κ1) is 12.1. The van der Waals surface area contributed by atoms with E-state index in [1.165, 1.54) is 25.7 Å². The van der Waals surface area contributed by atoms with Gasteiger partial charge < -0.3 is 16.2 Å². The molecule has 2 atom stereocenters. The summed E-state index contributed by atoms with van der Waals surface area (Å²) in [6.07, 6.45) is 6.58. The summed E-state index contributed by atoms with van der Waals surface area (Å²) in [6.45, 7) is 2.24. The molecule has 1 fully saturated rings. The number of nitrogen functional groups attached to an aromatic ring is 2. The fraction of sp³-hybridized carbons (Fsp3) is 0.571. The highest BCUT2D eigenvalue weighted by Crippen LogP contribution is 2.31. The minimum atomic E-state index is 0.344. The third-order valence-corrected chi connectivity index (χ3v) is 3.71. The van der Waals surface area contributed by atoms with E-state index in [0.717, 1.165) is 12.2 Å². The molecular formula is C14H22N2O. The molecule has 0 saturated heterocycles. The molecule has 0 amide bonds. The Morgan fingerprint density at radius 1 is 1.18 bits per heavy atom. The van der Waals surface area contributed by atoms with Crippen LogP contribution >= 0.6 is 0 Å². The van der Waals surface area contributed by atoms with Gasteiger partial charge in [0.05, 0.1) is 11.4 Å². The van der Waals surface area contributed by atoms with Crippen LogP contribution in [0.25, 0.3) is 0 Å². The van der Waals surface area contributed by atoms with E-state index in [4.69, 9.17) is 16.2 Å². The van der Waals surface area contributed by atoms with Crippen molar-refractivity contribution in [3.63, 3.8) is 0 Å². The fourth-order valence-electron chi connectivity index (χ4n) is 2.60. The average Bonchev–Trinajstić information content (AvgIpc) is 2.34. The minimum Gasteiger partial charge on any atom is -0.490 e. The van der Waals surface area contributed by atoms with Crippen LogP contribution in [0, 0.1) is 5.92 Å². The standard InChI is InChI=1S/C14H22N2O/c1-2-10-5-3-4-6-14(10)17-11-7-8-12(15)13(16)9-11/h7-10,14H,2-6,15-16H2,1H3. The van der Waals surface area contributed by atoms with Crippen molar-refractivity contribution in [3.8, 4) is 5.75 Å². The normalized spacial score (nSPS) is 24.5. The van der Waals surface area contributed by atoms with E-state index in [0.29, 0.717) is 23.4 Å². The molecule has 0 aliphatic heterocycles. The molecule has 3 nitrogen and oxygen atoms in total. The van der Waals surface area contributed by atoms with Gasteiger partial charge in [0.15, 0.2) is 0 Å². The largest absolute Gasteiger partial charge is 0.490 e. The number of nitrogens with two attached hydrogens (primary N) is 2. The maximum Gasteiger partial charge on any atom is 0.121 e. The summed E-state index contributed by atoms with van der Waals surface area (Å²) in [7, 11) is 0. The summed E-state index contributed by atoms with van der Waals surface area (Å²) < 4.78 is 6.06. The molecule has 1 aromatic carbocycles. The van der Waals surface area contributed by atoms with Crippen molar-refractivity contribution < 1.29 is 4.74 Å². The Kier molecular flexibility index (Phi) is 3.77. The number of hydrogen-bond acceptors (Lipinski definition) is 3. The van der Waals surface area contributed by atoms with Gasteiger partial charge in [-0.1, -0.05) is 13.3 Å². The Bertz CT molecular complexity index is 378. The number of rotatable bonds is 3. The van der Waals surface area contributed by atoms with Gasteiger partial charge in [0.25, 0.3) is 0 Å². The van der Waals surface area contributed by atoms with Crippen molar-refractivity contribution in [1.82, 2.24) is 0 Å². The summed E-state index contributed by atoms with van der Waals surface area (Å²) >= 11 is 0. The first-order chi connectivity index (χ1) is 8.20. The topological polar surface area (TPSA) is 61.3 Å². The van der Waals surface area contributed by atoms with Gasteiger partial charge in [-0.3, -0.25) is 0 Å². The predicted octanol–water partition coefficient (Wildman–Crippen LogP) is 3.20. The van der Waals surface area contributed by atoms with Gasteiger partial charge >= 0.3 is 0 Å². The second-order valence-electron chi connectivity index (χ2n) is 4.90. The van der Waals surface area contributed by atoms with E-state index in [-0.39, 0.29) is 0 Å². The van der Waals surface area contributed by atoms with E-state index in [1.54, 1.807) is 0 Å². The highest BCUT2D eigenvalue weighted by Gasteiger charge is 2.25. The summed E-state index contributed by atoms with van der Waals surface area (Å²) in [5.74, 6) is 1.53.